The molecule has 1 fully saturated rings. The highest BCUT2D eigenvalue weighted by Crippen LogP contribution is 2.24. The number of imidazole rings is 1. The summed E-state index contributed by atoms with van der Waals surface area (Å²) in [7, 11) is 1.73. The van der Waals surface area contributed by atoms with Crippen molar-refractivity contribution in [1.82, 2.24) is 20.2 Å². The number of benzene rings is 2. The van der Waals surface area contributed by atoms with Crippen molar-refractivity contribution in [1.29, 1.82) is 0 Å². The van der Waals surface area contributed by atoms with Gasteiger partial charge in [-0.05, 0) is 17.7 Å². The standard InChI is InChI=1S/C20H20N4O2/c1-24-12-14(11-17(24)25)20(26)23-18(13-7-3-2-4-8-13)19-21-15-9-5-6-10-16(15)22-19/h2-10,14,18H,11-12H2,1H3,(H,21,22)(H,23,26)/t14?,18-/m0/s1. The number of hydrogen-bond donors (Lipinski definition) is 2. The number of amides is 2. The third-order valence-corrected chi connectivity index (χ3v) is 4.81. The fourth-order valence-electron chi connectivity index (χ4n) is 3.36. The maximum absolute atomic E-state index is 12.8. The number of nitrogens with one attached hydrogen (secondary N) is 2. The molecule has 1 aromatic heterocycles. The number of H-pyrrole nitrogens is 1. The van der Waals surface area contributed by atoms with Crippen molar-refractivity contribution in [3.05, 3.63) is 66.0 Å². The molecular weight excluding hydrogens is 328 g/mol. The number of hydrogen-bond acceptors (Lipinski definition) is 3. The second-order valence-electron chi connectivity index (χ2n) is 6.67. The summed E-state index contributed by atoms with van der Waals surface area (Å²) in [6.45, 7) is 0.451. The van der Waals surface area contributed by atoms with Crippen LogP contribution in [0.4, 0.5) is 0 Å². The second-order valence-corrected chi connectivity index (χ2v) is 6.67. The zero-order valence-electron chi connectivity index (χ0n) is 14.5. The second kappa shape index (κ2) is 6.63. The van der Waals surface area contributed by atoms with E-state index in [2.05, 4.69) is 15.3 Å². The van der Waals surface area contributed by atoms with Gasteiger partial charge in [-0.2, -0.15) is 0 Å². The van der Waals surface area contributed by atoms with Gasteiger partial charge in [0.05, 0.1) is 17.0 Å². The molecule has 0 spiro atoms. The van der Waals surface area contributed by atoms with Gasteiger partial charge in [0.15, 0.2) is 0 Å². The smallest absolute Gasteiger partial charge is 0.226 e. The molecule has 1 unspecified atom stereocenters. The summed E-state index contributed by atoms with van der Waals surface area (Å²) in [4.78, 5) is 34.1. The molecule has 6 heteroatoms. The molecule has 2 heterocycles. The van der Waals surface area contributed by atoms with Crippen LogP contribution in [0.2, 0.25) is 0 Å². The summed E-state index contributed by atoms with van der Waals surface area (Å²) in [5.41, 5.74) is 2.72. The number of likely N-dealkylation sites (tertiary alicyclic amines) is 1. The SMILES string of the molecule is CN1CC(C(=O)N[C@@H](c2ccccc2)c2nc3ccccc3[nH]2)CC1=O. The van der Waals surface area contributed by atoms with E-state index in [1.807, 2.05) is 54.6 Å². The molecule has 2 aromatic carbocycles. The van der Waals surface area contributed by atoms with Crippen molar-refractivity contribution in [2.75, 3.05) is 13.6 Å². The summed E-state index contributed by atoms with van der Waals surface area (Å²) in [5, 5.41) is 3.08. The molecule has 0 bridgehead atoms. The van der Waals surface area contributed by atoms with Gasteiger partial charge in [-0.1, -0.05) is 42.5 Å². The van der Waals surface area contributed by atoms with Crippen LogP contribution in [0, 0.1) is 5.92 Å². The lowest BCUT2D eigenvalue weighted by Crippen LogP contribution is -2.36. The fourth-order valence-corrected chi connectivity index (χ4v) is 3.36. The Morgan fingerprint density at radius 2 is 1.92 bits per heavy atom. The topological polar surface area (TPSA) is 78.1 Å². The van der Waals surface area contributed by atoms with E-state index in [1.54, 1.807) is 11.9 Å². The molecule has 1 aliphatic rings. The normalized spacial score (nSPS) is 18.3. The van der Waals surface area contributed by atoms with Crippen LogP contribution >= 0.6 is 0 Å². The lowest BCUT2D eigenvalue weighted by molar-refractivity contribution is -0.128. The van der Waals surface area contributed by atoms with Crippen molar-refractivity contribution in [2.24, 2.45) is 5.92 Å². The van der Waals surface area contributed by atoms with Gasteiger partial charge < -0.3 is 15.2 Å². The van der Waals surface area contributed by atoms with Crippen LogP contribution in [0.25, 0.3) is 11.0 Å². The van der Waals surface area contributed by atoms with E-state index in [0.717, 1.165) is 16.6 Å². The molecule has 26 heavy (non-hydrogen) atoms. The summed E-state index contributed by atoms with van der Waals surface area (Å²) in [6, 6.07) is 17.1. The van der Waals surface area contributed by atoms with Crippen molar-refractivity contribution < 1.29 is 9.59 Å². The van der Waals surface area contributed by atoms with Crippen molar-refractivity contribution in [3.63, 3.8) is 0 Å². The Bertz CT molecular complexity index is 918. The minimum Gasteiger partial charge on any atom is -0.345 e. The van der Waals surface area contributed by atoms with Gasteiger partial charge in [-0.15, -0.1) is 0 Å². The summed E-state index contributed by atoms with van der Waals surface area (Å²) in [5.74, 6) is 0.230. The Hall–Kier alpha value is -3.15. The van der Waals surface area contributed by atoms with Crippen LogP contribution in [0.3, 0.4) is 0 Å². The quantitative estimate of drug-likeness (QED) is 0.759. The van der Waals surface area contributed by atoms with Crippen molar-refractivity contribution in [2.45, 2.75) is 12.5 Å². The maximum atomic E-state index is 12.8. The number of aromatic nitrogens is 2. The van der Waals surface area contributed by atoms with E-state index in [0.29, 0.717) is 12.4 Å². The number of para-hydroxylation sites is 2. The number of carbonyl (C=O) groups is 2. The Kier molecular flexibility index (Phi) is 4.16. The molecule has 3 aromatic rings. The third kappa shape index (κ3) is 3.06. The van der Waals surface area contributed by atoms with Gasteiger partial charge in [0, 0.05) is 20.0 Å². The molecule has 0 radical (unpaired) electrons. The molecule has 0 saturated carbocycles. The van der Waals surface area contributed by atoms with Gasteiger partial charge in [-0.25, -0.2) is 4.98 Å². The van der Waals surface area contributed by atoms with Crippen LogP contribution in [0.15, 0.2) is 54.6 Å². The molecule has 2 atom stereocenters. The Labute approximate surface area is 151 Å². The van der Waals surface area contributed by atoms with E-state index in [-0.39, 0.29) is 24.2 Å². The third-order valence-electron chi connectivity index (χ3n) is 4.81. The fraction of sp³-hybridized carbons (Fsp3) is 0.250. The molecule has 1 saturated heterocycles. The molecule has 0 aliphatic carbocycles. The van der Waals surface area contributed by atoms with Crippen LogP contribution in [-0.4, -0.2) is 40.3 Å². The minimum atomic E-state index is -0.392. The Morgan fingerprint density at radius 3 is 2.62 bits per heavy atom. The lowest BCUT2D eigenvalue weighted by Gasteiger charge is -2.19. The molecule has 6 nitrogen and oxygen atoms in total. The molecule has 132 valence electrons. The van der Waals surface area contributed by atoms with E-state index in [4.69, 9.17) is 0 Å². The average Bonchev–Trinajstić information content (AvgIpc) is 3.23. The molecule has 1 aliphatic heterocycles. The summed E-state index contributed by atoms with van der Waals surface area (Å²) in [6.07, 6.45) is 0.254. The first-order chi connectivity index (χ1) is 12.6. The van der Waals surface area contributed by atoms with Gasteiger partial charge in [0.25, 0.3) is 0 Å². The highest BCUT2D eigenvalue weighted by atomic mass is 16.2. The molecule has 2 amide bonds. The lowest BCUT2D eigenvalue weighted by atomic mass is 10.0. The van der Waals surface area contributed by atoms with E-state index >= 15 is 0 Å². The first-order valence-electron chi connectivity index (χ1n) is 8.66. The van der Waals surface area contributed by atoms with Gasteiger partial charge >= 0.3 is 0 Å². The van der Waals surface area contributed by atoms with E-state index in [9.17, 15) is 9.59 Å². The molecule has 2 N–H and O–H groups in total. The van der Waals surface area contributed by atoms with Gasteiger partial charge in [0.1, 0.15) is 11.9 Å². The Balaban J connectivity index is 1.65. The van der Waals surface area contributed by atoms with E-state index in [1.165, 1.54) is 0 Å². The largest absolute Gasteiger partial charge is 0.345 e. The number of carbonyl (C=O) groups excluding carboxylic acids is 2. The summed E-state index contributed by atoms with van der Waals surface area (Å²) < 4.78 is 0. The minimum absolute atomic E-state index is 0.00477. The van der Waals surface area contributed by atoms with Crippen LogP contribution in [0.5, 0.6) is 0 Å². The zero-order valence-corrected chi connectivity index (χ0v) is 14.5. The number of nitrogens with zero attached hydrogens (tertiary/aromatic N) is 2. The molecular formula is C20H20N4O2. The van der Waals surface area contributed by atoms with Gasteiger partial charge in [0.2, 0.25) is 11.8 Å². The van der Waals surface area contributed by atoms with Gasteiger partial charge in [-0.3, -0.25) is 9.59 Å². The monoisotopic (exact) mass is 348 g/mol. The highest BCUT2D eigenvalue weighted by Gasteiger charge is 2.33. The zero-order chi connectivity index (χ0) is 18.1. The first kappa shape index (κ1) is 16.3. The average molecular weight is 348 g/mol. The maximum Gasteiger partial charge on any atom is 0.226 e. The summed E-state index contributed by atoms with van der Waals surface area (Å²) >= 11 is 0. The van der Waals surface area contributed by atoms with Crippen LogP contribution < -0.4 is 5.32 Å². The van der Waals surface area contributed by atoms with Crippen molar-refractivity contribution in [3.8, 4) is 0 Å². The number of aromatic amines is 1. The van der Waals surface area contributed by atoms with E-state index < -0.39 is 6.04 Å². The van der Waals surface area contributed by atoms with Crippen molar-refractivity contribution >= 4 is 22.8 Å². The predicted octanol–water partition coefficient (Wildman–Crippen LogP) is 2.25. The first-order valence-corrected chi connectivity index (χ1v) is 8.66. The van der Waals surface area contributed by atoms with Crippen LogP contribution in [0.1, 0.15) is 23.9 Å². The highest BCUT2D eigenvalue weighted by molar-refractivity contribution is 5.89. The Morgan fingerprint density at radius 1 is 1.19 bits per heavy atom. The predicted molar refractivity (Wildman–Crippen MR) is 98.3 cm³/mol. The number of fused-ring (bicyclic) bond motifs is 1. The molecule has 4 rings (SSSR count). The van der Waals surface area contributed by atoms with Crippen LogP contribution in [-0.2, 0) is 9.59 Å². The number of rotatable bonds is 4.